The second kappa shape index (κ2) is 6.31. The van der Waals surface area contributed by atoms with Crippen LogP contribution in [0.3, 0.4) is 0 Å². The van der Waals surface area contributed by atoms with Crippen LogP contribution in [-0.2, 0) is 29.1 Å². The van der Waals surface area contributed by atoms with Crippen LogP contribution >= 0.6 is 0 Å². The van der Waals surface area contributed by atoms with Gasteiger partial charge < -0.3 is 9.47 Å². The molecule has 2 atom stereocenters. The largest absolute Gasteiger partial charge is 0.374 e. The minimum Gasteiger partial charge on any atom is -0.374 e. The topological polar surface area (TPSA) is 86.7 Å². The number of hydrogen-bond acceptors (Lipinski definition) is 6. The summed E-state index contributed by atoms with van der Waals surface area (Å²) >= 11 is 0. The fraction of sp³-hybridized carbons (Fsp3) is 1.00. The van der Waals surface area contributed by atoms with Crippen molar-refractivity contribution in [3.63, 3.8) is 0 Å². The summed E-state index contributed by atoms with van der Waals surface area (Å²) in [6.07, 6.45) is 0.934. The summed E-state index contributed by atoms with van der Waals surface area (Å²) < 4.78 is 57.6. The summed E-state index contributed by atoms with van der Waals surface area (Å²) in [4.78, 5) is 0. The summed E-state index contributed by atoms with van der Waals surface area (Å²) in [5.41, 5.74) is -2.33. The molecule has 0 bridgehead atoms. The Morgan fingerprint density at radius 3 is 1.61 bits per heavy atom. The van der Waals surface area contributed by atoms with Gasteiger partial charge in [0.25, 0.3) is 0 Å². The molecule has 8 heteroatoms. The Bertz CT molecular complexity index is 411. The summed E-state index contributed by atoms with van der Waals surface area (Å²) in [6, 6.07) is 0. The van der Waals surface area contributed by atoms with E-state index < -0.39 is 30.5 Å². The maximum atomic E-state index is 11.8. The Morgan fingerprint density at radius 1 is 0.889 bits per heavy atom. The highest BCUT2D eigenvalue weighted by molar-refractivity contribution is 7.92. The van der Waals surface area contributed by atoms with Gasteiger partial charge in [0.2, 0.25) is 0 Å². The van der Waals surface area contributed by atoms with E-state index in [2.05, 4.69) is 0 Å². The molecular formula is C10H20O6S2. The van der Waals surface area contributed by atoms with Gasteiger partial charge in [-0.2, -0.15) is 0 Å². The Morgan fingerprint density at radius 2 is 1.28 bits per heavy atom. The first-order chi connectivity index (χ1) is 8.33. The third-order valence-electron chi connectivity index (χ3n) is 2.59. The molecule has 0 aliphatic carbocycles. The maximum Gasteiger partial charge on any atom is 0.183 e. The highest BCUT2D eigenvalue weighted by Gasteiger charge is 2.38. The van der Waals surface area contributed by atoms with Crippen molar-refractivity contribution in [3.05, 3.63) is 0 Å². The zero-order chi connectivity index (χ0) is 13.8. The van der Waals surface area contributed by atoms with Crippen molar-refractivity contribution in [1.82, 2.24) is 0 Å². The molecule has 0 aromatic carbocycles. The van der Waals surface area contributed by atoms with Crippen LogP contribution in [0.15, 0.2) is 0 Å². The molecule has 108 valence electrons. The van der Waals surface area contributed by atoms with Crippen LogP contribution in [0.2, 0.25) is 0 Å². The van der Waals surface area contributed by atoms with Crippen molar-refractivity contribution < 1.29 is 26.3 Å². The Hall–Kier alpha value is -0.180. The third-order valence-corrected chi connectivity index (χ3v) is 6.64. The molecule has 1 aliphatic rings. The second-order valence-electron chi connectivity index (χ2n) is 4.27. The molecule has 0 aromatic rings. The van der Waals surface area contributed by atoms with Gasteiger partial charge in [-0.3, -0.25) is 0 Å². The van der Waals surface area contributed by atoms with Crippen molar-refractivity contribution in [2.45, 2.75) is 37.6 Å². The molecule has 1 fully saturated rings. The van der Waals surface area contributed by atoms with Gasteiger partial charge >= 0.3 is 0 Å². The highest BCUT2D eigenvalue weighted by atomic mass is 32.2. The predicted octanol–water partition coefficient (Wildman–Crippen LogP) is 0.335. The van der Waals surface area contributed by atoms with Crippen LogP contribution in [0.25, 0.3) is 0 Å². The Balaban J connectivity index is 2.79. The zero-order valence-electron chi connectivity index (χ0n) is 10.7. The summed E-state index contributed by atoms with van der Waals surface area (Å²) in [5.74, 6) is -0.0524. The van der Waals surface area contributed by atoms with Gasteiger partial charge in [0.05, 0.1) is 24.7 Å². The van der Waals surface area contributed by atoms with Crippen LogP contribution in [0.1, 0.15) is 26.7 Å². The maximum absolute atomic E-state index is 11.8. The van der Waals surface area contributed by atoms with Crippen molar-refractivity contribution in [3.8, 4) is 0 Å². The van der Waals surface area contributed by atoms with Gasteiger partial charge in [0.15, 0.2) is 30.5 Å². The van der Waals surface area contributed by atoms with Crippen molar-refractivity contribution >= 4 is 19.7 Å². The summed E-state index contributed by atoms with van der Waals surface area (Å²) in [5, 5.41) is 0. The Labute approximate surface area is 108 Å². The average Bonchev–Trinajstić information content (AvgIpc) is 2.29. The minimum absolute atomic E-state index is 0.0262. The van der Waals surface area contributed by atoms with Gasteiger partial charge in [0, 0.05) is 0 Å². The first kappa shape index (κ1) is 15.9. The average molecular weight is 300 g/mol. The van der Waals surface area contributed by atoms with Gasteiger partial charge in [-0.15, -0.1) is 0 Å². The van der Waals surface area contributed by atoms with Crippen molar-refractivity contribution in [1.29, 1.82) is 0 Å². The molecule has 0 spiro atoms. The van der Waals surface area contributed by atoms with Crippen LogP contribution in [0.4, 0.5) is 0 Å². The fourth-order valence-electron chi connectivity index (χ4n) is 1.72. The molecule has 0 N–H and O–H groups in total. The van der Waals surface area contributed by atoms with E-state index in [1.165, 1.54) is 0 Å². The molecule has 0 amide bonds. The molecule has 1 saturated heterocycles. The van der Waals surface area contributed by atoms with E-state index in [1.54, 1.807) is 13.8 Å². The standard InChI is InChI=1S/C10H20O6S2/c1-3-5-17(11,12)9-7-15-8-10(16-9)18(13,14)6-4-2/h9-10H,3-8H2,1-2H3/t9-,10+. The number of sulfone groups is 2. The van der Waals surface area contributed by atoms with Crippen LogP contribution < -0.4 is 0 Å². The van der Waals surface area contributed by atoms with Crippen LogP contribution in [0.5, 0.6) is 0 Å². The molecule has 1 aliphatic heterocycles. The normalized spacial score (nSPS) is 26.1. The SMILES string of the molecule is CCCS(=O)(=O)[C@@H]1COC[C@H](S(=O)(=O)CCC)O1. The van der Waals surface area contributed by atoms with Gasteiger partial charge in [-0.25, -0.2) is 16.8 Å². The van der Waals surface area contributed by atoms with Crippen molar-refractivity contribution in [2.24, 2.45) is 0 Å². The molecule has 6 nitrogen and oxygen atoms in total. The second-order valence-corrected chi connectivity index (χ2v) is 8.79. The lowest BCUT2D eigenvalue weighted by Crippen LogP contribution is -2.45. The third kappa shape index (κ3) is 3.91. The lowest BCUT2D eigenvalue weighted by atomic mass is 10.6. The zero-order valence-corrected chi connectivity index (χ0v) is 12.3. The number of ether oxygens (including phenoxy) is 2. The quantitative estimate of drug-likeness (QED) is 0.703. The summed E-state index contributed by atoms with van der Waals surface area (Å²) in [7, 11) is -6.91. The molecule has 1 heterocycles. The van der Waals surface area contributed by atoms with E-state index in [0.717, 1.165) is 0 Å². The lowest BCUT2D eigenvalue weighted by molar-refractivity contribution is -0.0731. The van der Waals surface area contributed by atoms with Gasteiger partial charge in [-0.1, -0.05) is 13.8 Å². The van der Waals surface area contributed by atoms with E-state index in [1.807, 2.05) is 0 Å². The lowest BCUT2D eigenvalue weighted by Gasteiger charge is -2.29. The Kier molecular flexibility index (Phi) is 5.57. The molecule has 0 aromatic heterocycles. The predicted molar refractivity (Wildman–Crippen MR) is 67.6 cm³/mol. The molecular weight excluding hydrogens is 280 g/mol. The van der Waals surface area contributed by atoms with Gasteiger partial charge in [-0.05, 0) is 12.8 Å². The monoisotopic (exact) mass is 300 g/mol. The molecule has 1 rings (SSSR count). The minimum atomic E-state index is -3.45. The molecule has 0 saturated carbocycles. The van der Waals surface area contributed by atoms with E-state index in [-0.39, 0.29) is 24.7 Å². The summed E-state index contributed by atoms with van der Waals surface area (Å²) in [6.45, 7) is 3.29. The van der Waals surface area contributed by atoms with Crippen LogP contribution in [0, 0.1) is 0 Å². The van der Waals surface area contributed by atoms with E-state index in [4.69, 9.17) is 9.47 Å². The molecule has 0 radical (unpaired) electrons. The van der Waals surface area contributed by atoms with E-state index >= 15 is 0 Å². The first-order valence-corrected chi connectivity index (χ1v) is 9.43. The first-order valence-electron chi connectivity index (χ1n) is 5.99. The van der Waals surface area contributed by atoms with Crippen molar-refractivity contribution in [2.75, 3.05) is 24.7 Å². The van der Waals surface area contributed by atoms with Crippen LogP contribution in [-0.4, -0.2) is 52.4 Å². The number of rotatable bonds is 6. The smallest absolute Gasteiger partial charge is 0.183 e. The molecule has 0 unspecified atom stereocenters. The van der Waals surface area contributed by atoms with E-state index in [0.29, 0.717) is 12.8 Å². The van der Waals surface area contributed by atoms with E-state index in [9.17, 15) is 16.8 Å². The fourth-order valence-corrected chi connectivity index (χ4v) is 4.67. The molecule has 18 heavy (non-hydrogen) atoms. The number of hydrogen-bond donors (Lipinski definition) is 0. The highest BCUT2D eigenvalue weighted by Crippen LogP contribution is 2.19. The van der Waals surface area contributed by atoms with Gasteiger partial charge in [0.1, 0.15) is 0 Å².